The van der Waals surface area contributed by atoms with Crippen molar-refractivity contribution >= 4 is 17.4 Å². The first-order chi connectivity index (χ1) is 5.77. The topological polar surface area (TPSA) is 52.0 Å². The lowest BCUT2D eigenvalue weighted by Crippen LogP contribution is -1.99. The van der Waals surface area contributed by atoms with Crippen molar-refractivity contribution < 1.29 is 0 Å². The van der Waals surface area contributed by atoms with Crippen molar-refractivity contribution in [1.82, 2.24) is 0 Å². The molecule has 0 unspecified atom stereocenters. The first kappa shape index (κ1) is 9.42. The number of benzene rings is 1. The molecular formula is C9H14N2S. The van der Waals surface area contributed by atoms with Crippen LogP contribution in [0.3, 0.4) is 0 Å². The Balaban J connectivity index is 2.94. The lowest BCUT2D eigenvalue weighted by atomic mass is 10.2. The van der Waals surface area contributed by atoms with E-state index < -0.39 is 0 Å². The second kappa shape index (κ2) is 4.38. The fourth-order valence-corrected chi connectivity index (χ4v) is 1.86. The smallest absolute Gasteiger partial charge is 0.0318 e. The molecule has 12 heavy (non-hydrogen) atoms. The van der Waals surface area contributed by atoms with Crippen LogP contribution in [0.2, 0.25) is 0 Å². The van der Waals surface area contributed by atoms with Gasteiger partial charge in [-0.3, -0.25) is 0 Å². The summed E-state index contributed by atoms with van der Waals surface area (Å²) >= 11 is 1.80. The van der Waals surface area contributed by atoms with E-state index in [4.69, 9.17) is 11.5 Å². The SMILES string of the molecule is CCSc1ccc(N)cc1CN. The molecule has 0 heterocycles. The summed E-state index contributed by atoms with van der Waals surface area (Å²) in [5, 5.41) is 0. The number of rotatable bonds is 3. The van der Waals surface area contributed by atoms with E-state index >= 15 is 0 Å². The van der Waals surface area contributed by atoms with Crippen LogP contribution in [-0.2, 0) is 6.54 Å². The highest BCUT2D eigenvalue weighted by atomic mass is 32.2. The fraction of sp³-hybridized carbons (Fsp3) is 0.333. The van der Waals surface area contributed by atoms with Crippen molar-refractivity contribution in [2.45, 2.75) is 18.4 Å². The van der Waals surface area contributed by atoms with Crippen LogP contribution in [0.15, 0.2) is 23.1 Å². The summed E-state index contributed by atoms with van der Waals surface area (Å²) < 4.78 is 0. The first-order valence-corrected chi connectivity index (χ1v) is 4.97. The van der Waals surface area contributed by atoms with Gasteiger partial charge in [0, 0.05) is 17.1 Å². The van der Waals surface area contributed by atoms with E-state index in [0.29, 0.717) is 6.54 Å². The summed E-state index contributed by atoms with van der Waals surface area (Å²) in [5.74, 6) is 1.07. The second-order valence-corrected chi connectivity index (χ2v) is 3.81. The Hall–Kier alpha value is -0.670. The molecule has 0 saturated carbocycles. The summed E-state index contributed by atoms with van der Waals surface area (Å²) in [4.78, 5) is 1.24. The van der Waals surface area contributed by atoms with Crippen LogP contribution in [0.5, 0.6) is 0 Å². The lowest BCUT2D eigenvalue weighted by molar-refractivity contribution is 1.03. The second-order valence-electron chi connectivity index (χ2n) is 2.50. The van der Waals surface area contributed by atoms with E-state index in [1.807, 2.05) is 18.2 Å². The maximum absolute atomic E-state index is 5.63. The van der Waals surface area contributed by atoms with E-state index in [1.54, 1.807) is 11.8 Å². The molecular weight excluding hydrogens is 168 g/mol. The van der Waals surface area contributed by atoms with Gasteiger partial charge in [0.2, 0.25) is 0 Å². The van der Waals surface area contributed by atoms with Crippen molar-refractivity contribution in [3.63, 3.8) is 0 Å². The molecule has 1 aromatic rings. The average molecular weight is 182 g/mol. The number of hydrogen-bond acceptors (Lipinski definition) is 3. The number of nitrogens with two attached hydrogens (primary N) is 2. The minimum absolute atomic E-state index is 0.563. The van der Waals surface area contributed by atoms with E-state index in [-0.39, 0.29) is 0 Å². The van der Waals surface area contributed by atoms with Crippen molar-refractivity contribution in [1.29, 1.82) is 0 Å². The minimum atomic E-state index is 0.563. The maximum Gasteiger partial charge on any atom is 0.0318 e. The molecule has 0 saturated heterocycles. The summed E-state index contributed by atoms with van der Waals surface area (Å²) in [5.41, 5.74) is 13.1. The molecule has 0 radical (unpaired) electrons. The monoisotopic (exact) mass is 182 g/mol. The van der Waals surface area contributed by atoms with Gasteiger partial charge in [0.1, 0.15) is 0 Å². The highest BCUT2D eigenvalue weighted by molar-refractivity contribution is 7.99. The molecule has 0 aliphatic heterocycles. The lowest BCUT2D eigenvalue weighted by Gasteiger charge is -2.06. The Kier molecular flexibility index (Phi) is 3.44. The highest BCUT2D eigenvalue weighted by Crippen LogP contribution is 2.23. The molecule has 2 nitrogen and oxygen atoms in total. The largest absolute Gasteiger partial charge is 0.399 e. The van der Waals surface area contributed by atoms with Crippen molar-refractivity contribution in [3.05, 3.63) is 23.8 Å². The average Bonchev–Trinajstić information content (AvgIpc) is 2.08. The zero-order valence-electron chi connectivity index (χ0n) is 7.21. The van der Waals surface area contributed by atoms with Crippen molar-refractivity contribution in [2.24, 2.45) is 5.73 Å². The van der Waals surface area contributed by atoms with Crippen molar-refractivity contribution in [2.75, 3.05) is 11.5 Å². The number of thioether (sulfide) groups is 1. The molecule has 0 fully saturated rings. The normalized spacial score (nSPS) is 10.2. The molecule has 0 amide bonds. The molecule has 4 N–H and O–H groups in total. The van der Waals surface area contributed by atoms with E-state index in [2.05, 4.69) is 6.92 Å². The zero-order chi connectivity index (χ0) is 8.97. The quantitative estimate of drug-likeness (QED) is 0.554. The molecule has 0 aliphatic rings. The van der Waals surface area contributed by atoms with Crippen LogP contribution in [0.25, 0.3) is 0 Å². The van der Waals surface area contributed by atoms with Gasteiger partial charge in [0.25, 0.3) is 0 Å². The van der Waals surface area contributed by atoms with Gasteiger partial charge < -0.3 is 11.5 Å². The van der Waals surface area contributed by atoms with Gasteiger partial charge in [-0.2, -0.15) is 0 Å². The molecule has 0 bridgehead atoms. The summed E-state index contributed by atoms with van der Waals surface area (Å²) in [6, 6.07) is 5.89. The van der Waals surface area contributed by atoms with E-state index in [9.17, 15) is 0 Å². The number of nitrogen functional groups attached to an aromatic ring is 1. The van der Waals surface area contributed by atoms with Gasteiger partial charge in [0.05, 0.1) is 0 Å². The summed E-state index contributed by atoms with van der Waals surface area (Å²) in [7, 11) is 0. The van der Waals surface area contributed by atoms with Gasteiger partial charge in [-0.25, -0.2) is 0 Å². The fourth-order valence-electron chi connectivity index (χ4n) is 1.06. The molecule has 0 aromatic heterocycles. The van der Waals surface area contributed by atoms with Crippen molar-refractivity contribution in [3.8, 4) is 0 Å². The van der Waals surface area contributed by atoms with Gasteiger partial charge >= 0.3 is 0 Å². The van der Waals surface area contributed by atoms with E-state index in [0.717, 1.165) is 17.0 Å². The molecule has 1 rings (SSSR count). The van der Waals surface area contributed by atoms with Crippen LogP contribution < -0.4 is 11.5 Å². The molecule has 0 atom stereocenters. The Morgan fingerprint density at radius 3 is 2.75 bits per heavy atom. The predicted octanol–water partition coefficient (Wildman–Crippen LogP) is 1.84. The molecule has 0 aliphatic carbocycles. The Morgan fingerprint density at radius 1 is 1.42 bits per heavy atom. The van der Waals surface area contributed by atoms with Crippen LogP contribution in [0.4, 0.5) is 5.69 Å². The van der Waals surface area contributed by atoms with Gasteiger partial charge in [0.15, 0.2) is 0 Å². The Bertz CT molecular complexity index is 261. The van der Waals surface area contributed by atoms with E-state index in [1.165, 1.54) is 4.90 Å². The third-order valence-corrected chi connectivity index (χ3v) is 2.60. The number of anilines is 1. The minimum Gasteiger partial charge on any atom is -0.399 e. The predicted molar refractivity (Wildman–Crippen MR) is 55.1 cm³/mol. The maximum atomic E-state index is 5.63. The van der Waals surface area contributed by atoms with Crippen LogP contribution in [0.1, 0.15) is 12.5 Å². The van der Waals surface area contributed by atoms with Gasteiger partial charge in [-0.15, -0.1) is 11.8 Å². The summed E-state index contributed by atoms with van der Waals surface area (Å²) in [6.07, 6.45) is 0. The molecule has 1 aromatic carbocycles. The summed E-state index contributed by atoms with van der Waals surface area (Å²) in [6.45, 7) is 2.69. The van der Waals surface area contributed by atoms with Crippen LogP contribution in [0, 0.1) is 0 Å². The molecule has 3 heteroatoms. The third-order valence-electron chi connectivity index (χ3n) is 1.60. The van der Waals surface area contributed by atoms with Gasteiger partial charge in [-0.05, 0) is 29.5 Å². The van der Waals surface area contributed by atoms with Crippen LogP contribution >= 0.6 is 11.8 Å². The number of hydrogen-bond donors (Lipinski definition) is 2. The first-order valence-electron chi connectivity index (χ1n) is 3.99. The zero-order valence-corrected chi connectivity index (χ0v) is 8.03. The standard InChI is InChI=1S/C9H14N2S/c1-2-12-9-4-3-8(11)5-7(9)6-10/h3-5H,2,6,10-11H2,1H3. The highest BCUT2D eigenvalue weighted by Gasteiger charge is 2.00. The molecule has 0 spiro atoms. The van der Waals surface area contributed by atoms with Crippen LogP contribution in [-0.4, -0.2) is 5.75 Å². The Labute approximate surface area is 77.3 Å². The molecule has 66 valence electrons. The third kappa shape index (κ3) is 2.16. The Morgan fingerprint density at radius 2 is 2.17 bits per heavy atom. The van der Waals surface area contributed by atoms with Gasteiger partial charge in [-0.1, -0.05) is 6.92 Å².